The molecule has 0 spiro atoms. The first-order valence-corrected chi connectivity index (χ1v) is 6.79. The lowest BCUT2D eigenvalue weighted by Crippen LogP contribution is -2.03. The summed E-state index contributed by atoms with van der Waals surface area (Å²) < 4.78 is 10.6. The van der Waals surface area contributed by atoms with Crippen LogP contribution in [0.2, 0.25) is 10.0 Å². The topological polar surface area (TPSA) is 30.5 Å². The molecule has 0 fully saturated rings. The highest BCUT2D eigenvalue weighted by Crippen LogP contribution is 2.29. The number of nitrogens with one attached hydrogen (secondary N) is 1. The third-order valence-electron chi connectivity index (χ3n) is 2.87. The van der Waals surface area contributed by atoms with Gasteiger partial charge in [0.1, 0.15) is 11.5 Å². The third kappa shape index (κ3) is 3.50. The van der Waals surface area contributed by atoms with Crippen molar-refractivity contribution in [3.63, 3.8) is 0 Å². The van der Waals surface area contributed by atoms with Gasteiger partial charge in [0.25, 0.3) is 0 Å². The zero-order valence-electron chi connectivity index (χ0n) is 11.2. The second-order valence-electron chi connectivity index (χ2n) is 4.15. The van der Waals surface area contributed by atoms with E-state index in [0.717, 1.165) is 22.7 Å². The van der Waals surface area contributed by atoms with Crippen LogP contribution in [0.5, 0.6) is 11.5 Å². The SMILES string of the molecule is COc1ccc(Cl)cc1CNc1cc(Cl)ccc1OC. The lowest BCUT2D eigenvalue weighted by molar-refractivity contribution is 0.409. The van der Waals surface area contributed by atoms with Crippen molar-refractivity contribution >= 4 is 28.9 Å². The summed E-state index contributed by atoms with van der Waals surface area (Å²) in [6, 6.07) is 10.9. The van der Waals surface area contributed by atoms with Crippen molar-refractivity contribution in [1.82, 2.24) is 0 Å². The molecule has 0 aliphatic carbocycles. The lowest BCUT2D eigenvalue weighted by atomic mass is 10.2. The number of rotatable bonds is 5. The van der Waals surface area contributed by atoms with Crippen molar-refractivity contribution in [3.05, 3.63) is 52.0 Å². The minimum atomic E-state index is 0.556. The molecule has 0 radical (unpaired) electrons. The van der Waals surface area contributed by atoms with Gasteiger partial charge in [-0.25, -0.2) is 0 Å². The summed E-state index contributed by atoms with van der Waals surface area (Å²) in [5, 5.41) is 4.59. The standard InChI is InChI=1S/C15H15Cl2NO2/c1-19-14-5-3-11(16)7-10(14)9-18-13-8-12(17)4-6-15(13)20-2/h3-8,18H,9H2,1-2H3. The minimum Gasteiger partial charge on any atom is -0.496 e. The van der Waals surface area contributed by atoms with Gasteiger partial charge < -0.3 is 14.8 Å². The Morgan fingerprint density at radius 1 is 0.900 bits per heavy atom. The summed E-state index contributed by atoms with van der Waals surface area (Å²) in [5.74, 6) is 1.51. The van der Waals surface area contributed by atoms with Crippen LogP contribution in [-0.2, 0) is 6.54 Å². The van der Waals surface area contributed by atoms with Crippen LogP contribution in [0.3, 0.4) is 0 Å². The molecule has 1 N–H and O–H groups in total. The van der Waals surface area contributed by atoms with E-state index in [1.165, 1.54) is 0 Å². The predicted molar refractivity (Wildman–Crippen MR) is 83.3 cm³/mol. The van der Waals surface area contributed by atoms with E-state index in [4.69, 9.17) is 32.7 Å². The Hall–Kier alpha value is -1.58. The van der Waals surface area contributed by atoms with E-state index in [2.05, 4.69) is 5.32 Å². The molecule has 0 aliphatic heterocycles. The molecule has 2 aromatic carbocycles. The van der Waals surface area contributed by atoms with Gasteiger partial charge in [-0.1, -0.05) is 23.2 Å². The number of benzene rings is 2. The maximum atomic E-state index is 6.01. The van der Waals surface area contributed by atoms with Crippen LogP contribution in [0.1, 0.15) is 5.56 Å². The highest BCUT2D eigenvalue weighted by Gasteiger charge is 2.07. The number of hydrogen-bond acceptors (Lipinski definition) is 3. The summed E-state index contributed by atoms with van der Waals surface area (Å²) in [6.07, 6.45) is 0. The molecule has 5 heteroatoms. The number of anilines is 1. The zero-order valence-corrected chi connectivity index (χ0v) is 12.8. The van der Waals surface area contributed by atoms with Crippen molar-refractivity contribution in [2.24, 2.45) is 0 Å². The molecular formula is C15H15Cl2NO2. The number of halogens is 2. The molecule has 0 aromatic heterocycles. The van der Waals surface area contributed by atoms with E-state index in [1.54, 1.807) is 26.4 Å². The molecule has 0 atom stereocenters. The molecule has 0 bridgehead atoms. The largest absolute Gasteiger partial charge is 0.496 e. The van der Waals surface area contributed by atoms with Gasteiger partial charge in [0.05, 0.1) is 19.9 Å². The Bertz CT molecular complexity index is 549. The van der Waals surface area contributed by atoms with E-state index in [9.17, 15) is 0 Å². The highest BCUT2D eigenvalue weighted by molar-refractivity contribution is 6.31. The maximum absolute atomic E-state index is 6.01. The van der Waals surface area contributed by atoms with E-state index in [-0.39, 0.29) is 0 Å². The Balaban J connectivity index is 2.20. The molecule has 0 heterocycles. The summed E-state index contributed by atoms with van der Waals surface area (Å²) in [6.45, 7) is 0.556. The molecule has 2 aromatic rings. The Morgan fingerprint density at radius 2 is 1.50 bits per heavy atom. The zero-order chi connectivity index (χ0) is 14.5. The molecule has 0 saturated heterocycles. The second-order valence-corrected chi connectivity index (χ2v) is 5.03. The molecule has 106 valence electrons. The summed E-state index contributed by atoms with van der Waals surface area (Å²) in [4.78, 5) is 0. The van der Waals surface area contributed by atoms with Crippen LogP contribution in [0, 0.1) is 0 Å². The molecule has 0 amide bonds. The van der Waals surface area contributed by atoms with Crippen LogP contribution in [0.25, 0.3) is 0 Å². The highest BCUT2D eigenvalue weighted by atomic mass is 35.5. The number of methoxy groups -OCH3 is 2. The fourth-order valence-electron chi connectivity index (χ4n) is 1.89. The first kappa shape index (κ1) is 14.8. The molecule has 0 aliphatic rings. The predicted octanol–water partition coefficient (Wildman–Crippen LogP) is 4.62. The first-order valence-electron chi connectivity index (χ1n) is 6.04. The second kappa shape index (κ2) is 6.73. The third-order valence-corrected chi connectivity index (χ3v) is 3.34. The average Bonchev–Trinajstić information content (AvgIpc) is 2.45. The van der Waals surface area contributed by atoms with E-state index in [0.29, 0.717) is 16.6 Å². The van der Waals surface area contributed by atoms with Crippen LogP contribution < -0.4 is 14.8 Å². The summed E-state index contributed by atoms with van der Waals surface area (Å²) >= 11 is 12.0. The van der Waals surface area contributed by atoms with Gasteiger partial charge in [-0.2, -0.15) is 0 Å². The molecule has 20 heavy (non-hydrogen) atoms. The van der Waals surface area contributed by atoms with Crippen molar-refractivity contribution < 1.29 is 9.47 Å². The van der Waals surface area contributed by atoms with Crippen LogP contribution in [0.4, 0.5) is 5.69 Å². The van der Waals surface area contributed by atoms with Crippen molar-refractivity contribution in [1.29, 1.82) is 0 Å². The van der Waals surface area contributed by atoms with Gasteiger partial charge >= 0.3 is 0 Å². The van der Waals surface area contributed by atoms with Crippen molar-refractivity contribution in [2.75, 3.05) is 19.5 Å². The maximum Gasteiger partial charge on any atom is 0.142 e. The monoisotopic (exact) mass is 311 g/mol. The van der Waals surface area contributed by atoms with E-state index >= 15 is 0 Å². The fraction of sp³-hybridized carbons (Fsp3) is 0.200. The van der Waals surface area contributed by atoms with Crippen LogP contribution >= 0.6 is 23.2 Å². The molecule has 0 saturated carbocycles. The fourth-order valence-corrected chi connectivity index (χ4v) is 2.26. The Kier molecular flexibility index (Phi) is 4.99. The van der Waals surface area contributed by atoms with E-state index < -0.39 is 0 Å². The van der Waals surface area contributed by atoms with Crippen LogP contribution in [-0.4, -0.2) is 14.2 Å². The average molecular weight is 312 g/mol. The Labute approximate surface area is 128 Å². The summed E-state index contributed by atoms with van der Waals surface area (Å²) in [7, 11) is 3.25. The lowest BCUT2D eigenvalue weighted by Gasteiger charge is -2.13. The number of hydrogen-bond donors (Lipinski definition) is 1. The first-order chi connectivity index (χ1) is 9.63. The van der Waals surface area contributed by atoms with Crippen LogP contribution in [0.15, 0.2) is 36.4 Å². The summed E-state index contributed by atoms with van der Waals surface area (Å²) in [5.41, 5.74) is 1.78. The van der Waals surface area contributed by atoms with Gasteiger partial charge in [-0.15, -0.1) is 0 Å². The molecule has 2 rings (SSSR count). The molecule has 3 nitrogen and oxygen atoms in total. The van der Waals surface area contributed by atoms with Gasteiger partial charge in [-0.05, 0) is 36.4 Å². The van der Waals surface area contributed by atoms with Gasteiger partial charge in [0.15, 0.2) is 0 Å². The Morgan fingerprint density at radius 3 is 2.15 bits per heavy atom. The smallest absolute Gasteiger partial charge is 0.142 e. The van der Waals surface area contributed by atoms with E-state index in [1.807, 2.05) is 24.3 Å². The molecular weight excluding hydrogens is 297 g/mol. The normalized spacial score (nSPS) is 10.2. The van der Waals surface area contributed by atoms with Crippen molar-refractivity contribution in [2.45, 2.75) is 6.54 Å². The molecule has 0 unspecified atom stereocenters. The number of ether oxygens (including phenoxy) is 2. The van der Waals surface area contributed by atoms with Crippen molar-refractivity contribution in [3.8, 4) is 11.5 Å². The van der Waals surface area contributed by atoms with Gasteiger partial charge in [-0.3, -0.25) is 0 Å². The quantitative estimate of drug-likeness (QED) is 0.873. The van der Waals surface area contributed by atoms with Gasteiger partial charge in [0.2, 0.25) is 0 Å². The van der Waals surface area contributed by atoms with Gasteiger partial charge in [0, 0.05) is 22.2 Å². The minimum absolute atomic E-state index is 0.556.